The fourth-order valence-electron chi connectivity index (χ4n) is 3.45. The molecule has 9 nitrogen and oxygen atoms in total. The average Bonchev–Trinajstić information content (AvgIpc) is 2.86. The van der Waals surface area contributed by atoms with Gasteiger partial charge in [0.2, 0.25) is 11.9 Å². The first-order valence-electron chi connectivity index (χ1n) is 10.7. The molecule has 2 aromatic carbocycles. The summed E-state index contributed by atoms with van der Waals surface area (Å²) >= 11 is 0. The molecule has 0 saturated carbocycles. The molecule has 1 aliphatic heterocycles. The maximum atomic E-state index is 11.5. The summed E-state index contributed by atoms with van der Waals surface area (Å²) in [7, 11) is 0. The van der Waals surface area contributed by atoms with Crippen molar-refractivity contribution in [2.24, 2.45) is 0 Å². The molecule has 0 radical (unpaired) electrons. The number of rotatable bonds is 8. The largest absolute Gasteiger partial charge is 0.379 e. The van der Waals surface area contributed by atoms with Crippen molar-refractivity contribution < 1.29 is 9.53 Å². The van der Waals surface area contributed by atoms with Gasteiger partial charge in [-0.2, -0.15) is 10.2 Å². The third-order valence-corrected chi connectivity index (χ3v) is 5.05. The van der Waals surface area contributed by atoms with E-state index in [1.165, 1.54) is 0 Å². The van der Waals surface area contributed by atoms with Crippen LogP contribution in [-0.2, 0) is 16.1 Å². The predicted octanol–water partition coefficient (Wildman–Crippen LogP) is 3.33. The average molecular weight is 444 g/mol. The lowest BCUT2D eigenvalue weighted by atomic mass is 10.2. The molecule has 0 bridgehead atoms. The molecule has 168 valence electrons. The lowest BCUT2D eigenvalue weighted by molar-refractivity contribution is -0.115. The van der Waals surface area contributed by atoms with E-state index in [-0.39, 0.29) is 12.3 Å². The summed E-state index contributed by atoms with van der Waals surface area (Å²) in [5, 5.41) is 18.8. The van der Waals surface area contributed by atoms with Crippen molar-refractivity contribution in [3.05, 3.63) is 72.4 Å². The highest BCUT2D eigenvalue weighted by molar-refractivity contribution is 5.92. The molecule has 0 unspecified atom stereocenters. The van der Waals surface area contributed by atoms with E-state index in [2.05, 4.69) is 20.6 Å². The number of carbonyl (C=O) groups excluding carboxylic acids is 1. The van der Waals surface area contributed by atoms with Gasteiger partial charge < -0.3 is 15.4 Å². The van der Waals surface area contributed by atoms with Crippen LogP contribution < -0.4 is 15.6 Å². The number of morpholine rings is 1. The zero-order valence-electron chi connectivity index (χ0n) is 18.1. The summed E-state index contributed by atoms with van der Waals surface area (Å²) in [5.74, 6) is 0.976. The van der Waals surface area contributed by atoms with Crippen molar-refractivity contribution in [3.63, 3.8) is 0 Å². The molecule has 3 aromatic rings. The van der Waals surface area contributed by atoms with Crippen LogP contribution in [0, 0.1) is 11.3 Å². The number of hydrazine groups is 1. The van der Waals surface area contributed by atoms with Crippen molar-refractivity contribution >= 4 is 29.0 Å². The predicted molar refractivity (Wildman–Crippen MR) is 126 cm³/mol. The van der Waals surface area contributed by atoms with Gasteiger partial charge in [0.05, 0.1) is 25.0 Å². The standard InChI is InChI=1S/C24H25N7O2/c25-12-10-23(32)28-20-8-6-19(7-9-20)18-27-22-11-13-26-24(29-22)31(21-4-2-1-3-5-21)30-14-16-33-17-15-30/h1-9,11,13H,10,14-18H2,(H,28,32)(H,26,27,29). The molecular weight excluding hydrogens is 418 g/mol. The zero-order valence-corrected chi connectivity index (χ0v) is 18.1. The maximum absolute atomic E-state index is 11.5. The number of para-hydroxylation sites is 1. The molecule has 2 N–H and O–H groups in total. The third kappa shape index (κ3) is 6.04. The SMILES string of the molecule is N#CCC(=O)Nc1ccc(CNc2ccnc(N(c3ccccc3)N3CCOCC3)n2)cc1. The summed E-state index contributed by atoms with van der Waals surface area (Å²) < 4.78 is 5.52. The third-order valence-electron chi connectivity index (χ3n) is 5.05. The molecule has 1 saturated heterocycles. The van der Waals surface area contributed by atoms with E-state index < -0.39 is 0 Å². The van der Waals surface area contributed by atoms with E-state index in [9.17, 15) is 4.79 Å². The number of nitrogens with one attached hydrogen (secondary N) is 2. The van der Waals surface area contributed by atoms with Crippen molar-refractivity contribution in [1.82, 2.24) is 15.0 Å². The molecule has 33 heavy (non-hydrogen) atoms. The molecule has 2 heterocycles. The minimum Gasteiger partial charge on any atom is -0.379 e. The van der Waals surface area contributed by atoms with E-state index in [0.717, 1.165) is 24.3 Å². The van der Waals surface area contributed by atoms with E-state index >= 15 is 0 Å². The fraction of sp³-hybridized carbons (Fsp3) is 0.250. The van der Waals surface area contributed by atoms with Crippen LogP contribution in [0.5, 0.6) is 0 Å². The van der Waals surface area contributed by atoms with Crippen molar-refractivity contribution in [2.75, 3.05) is 41.9 Å². The number of hydrogen-bond acceptors (Lipinski definition) is 8. The molecule has 1 amide bonds. The summed E-state index contributed by atoms with van der Waals surface area (Å²) in [6.07, 6.45) is 1.58. The maximum Gasteiger partial charge on any atom is 0.246 e. The zero-order chi connectivity index (χ0) is 22.9. The van der Waals surface area contributed by atoms with Crippen LogP contribution in [0.15, 0.2) is 66.9 Å². The Morgan fingerprint density at radius 1 is 1.09 bits per heavy atom. The normalized spacial score (nSPS) is 13.7. The van der Waals surface area contributed by atoms with Gasteiger partial charge in [0.25, 0.3) is 0 Å². The van der Waals surface area contributed by atoms with Gasteiger partial charge in [-0.25, -0.2) is 15.0 Å². The Morgan fingerprint density at radius 3 is 2.58 bits per heavy atom. The molecule has 1 fully saturated rings. The molecule has 9 heteroatoms. The summed E-state index contributed by atoms with van der Waals surface area (Å²) in [6.45, 7) is 3.40. The first-order chi connectivity index (χ1) is 16.2. The molecule has 1 aliphatic rings. The quantitative estimate of drug-likeness (QED) is 0.546. The van der Waals surface area contributed by atoms with E-state index in [4.69, 9.17) is 15.0 Å². The molecule has 0 atom stereocenters. The van der Waals surface area contributed by atoms with Crippen LogP contribution in [0.25, 0.3) is 0 Å². The lowest BCUT2D eigenvalue weighted by Crippen LogP contribution is -2.47. The van der Waals surface area contributed by atoms with E-state index in [1.807, 2.05) is 71.7 Å². The highest BCUT2D eigenvalue weighted by Gasteiger charge is 2.23. The molecule has 4 rings (SSSR count). The Hall–Kier alpha value is -4.00. The Bertz CT molecular complexity index is 1090. The highest BCUT2D eigenvalue weighted by Crippen LogP contribution is 2.25. The Balaban J connectivity index is 1.45. The Labute approximate surface area is 192 Å². The van der Waals surface area contributed by atoms with Gasteiger partial charge in [0.15, 0.2) is 0 Å². The number of aromatic nitrogens is 2. The summed E-state index contributed by atoms with van der Waals surface area (Å²) in [4.78, 5) is 20.8. The van der Waals surface area contributed by atoms with Crippen LogP contribution in [0.3, 0.4) is 0 Å². The minimum atomic E-state index is -0.319. The lowest BCUT2D eigenvalue weighted by Gasteiger charge is -2.37. The van der Waals surface area contributed by atoms with Gasteiger partial charge in [-0.05, 0) is 35.9 Å². The van der Waals surface area contributed by atoms with E-state index in [1.54, 1.807) is 6.20 Å². The number of hydrogen-bond donors (Lipinski definition) is 2. The van der Waals surface area contributed by atoms with Crippen LogP contribution >= 0.6 is 0 Å². The van der Waals surface area contributed by atoms with Crippen molar-refractivity contribution in [3.8, 4) is 6.07 Å². The number of benzene rings is 2. The second-order valence-electron chi connectivity index (χ2n) is 7.39. The first kappa shape index (κ1) is 22.2. The molecule has 1 aromatic heterocycles. The van der Waals surface area contributed by atoms with Crippen molar-refractivity contribution in [1.29, 1.82) is 5.26 Å². The van der Waals surface area contributed by atoms with Gasteiger partial charge in [-0.1, -0.05) is 30.3 Å². The van der Waals surface area contributed by atoms with Crippen LogP contribution in [0.1, 0.15) is 12.0 Å². The van der Waals surface area contributed by atoms with Crippen molar-refractivity contribution in [2.45, 2.75) is 13.0 Å². The van der Waals surface area contributed by atoms with Gasteiger partial charge in [-0.15, -0.1) is 0 Å². The number of amides is 1. The van der Waals surface area contributed by atoms with Crippen LogP contribution in [0.2, 0.25) is 0 Å². The van der Waals surface area contributed by atoms with E-state index in [0.29, 0.717) is 37.2 Å². The fourth-order valence-corrected chi connectivity index (χ4v) is 3.45. The topological polar surface area (TPSA) is 106 Å². The second-order valence-corrected chi connectivity index (χ2v) is 7.39. The number of ether oxygens (including phenoxy) is 1. The monoisotopic (exact) mass is 443 g/mol. The molecule has 0 spiro atoms. The Morgan fingerprint density at radius 2 is 1.85 bits per heavy atom. The summed E-state index contributed by atoms with van der Waals surface area (Å²) in [5.41, 5.74) is 2.68. The van der Waals surface area contributed by atoms with Gasteiger partial charge in [-0.3, -0.25) is 4.79 Å². The Kier molecular flexibility index (Phi) is 7.43. The van der Waals surface area contributed by atoms with Gasteiger partial charge >= 0.3 is 0 Å². The highest BCUT2D eigenvalue weighted by atomic mass is 16.5. The molecule has 0 aliphatic carbocycles. The smallest absolute Gasteiger partial charge is 0.246 e. The van der Waals surface area contributed by atoms with Gasteiger partial charge in [0, 0.05) is 31.5 Å². The minimum absolute atomic E-state index is 0.163. The first-order valence-corrected chi connectivity index (χ1v) is 10.7. The number of nitriles is 1. The number of carbonyl (C=O) groups is 1. The van der Waals surface area contributed by atoms with Crippen LogP contribution in [0.4, 0.5) is 23.1 Å². The number of nitrogens with zero attached hydrogens (tertiary/aromatic N) is 5. The second kappa shape index (κ2) is 11.0. The summed E-state index contributed by atoms with van der Waals surface area (Å²) in [6, 6.07) is 21.2. The van der Waals surface area contributed by atoms with Crippen LogP contribution in [-0.4, -0.2) is 47.2 Å². The molecular formula is C24H25N7O2. The van der Waals surface area contributed by atoms with Gasteiger partial charge in [0.1, 0.15) is 12.2 Å². The number of anilines is 4.